The molecule has 0 N–H and O–H groups in total. The highest BCUT2D eigenvalue weighted by Gasteiger charge is 2.72. The van der Waals surface area contributed by atoms with Crippen molar-refractivity contribution < 1.29 is 76.4 Å². The van der Waals surface area contributed by atoms with E-state index in [-0.39, 0.29) is 52.9 Å². The van der Waals surface area contributed by atoms with E-state index >= 15 is 47.9 Å². The summed E-state index contributed by atoms with van der Waals surface area (Å²) in [5.41, 5.74) is -9.67. The van der Waals surface area contributed by atoms with Crippen LogP contribution in [-0.4, -0.2) is 58.9 Å². The van der Waals surface area contributed by atoms with Crippen molar-refractivity contribution >= 4 is 115 Å². The third-order valence-electron chi connectivity index (χ3n) is 20.5. The highest BCUT2D eigenvalue weighted by molar-refractivity contribution is 7.24. The van der Waals surface area contributed by atoms with Crippen LogP contribution >= 0.6 is 22.7 Å². The van der Waals surface area contributed by atoms with Crippen molar-refractivity contribution in [2.24, 2.45) is 0 Å². The van der Waals surface area contributed by atoms with E-state index in [1.54, 1.807) is 255 Å². The van der Waals surface area contributed by atoms with Crippen LogP contribution in [0.2, 0.25) is 0 Å². The molecule has 0 amide bonds. The fourth-order valence-electron chi connectivity index (χ4n) is 15.2. The standard InChI is InChI=1S/C91H58O16S2/c92-77-65-39-59-35-19-20-36-60(59)40-66(65)78(93)69(77)43-63-45-71-73(89(63,83(96)102-47-53-23-7-1-8-24-53)84(97)103-48-54-25-9-2-10-26-54)75-81(108-71)82-76(91(75,87(100)106-51-57-31-15-5-16-32-57)88(101)107-52-58-33-17-6-18-34-58)74-72(109-82)46-64(44-70-79(94)67-41-61-37-21-22-38-62(61)42-68(67)80(70)95)90(74,85(98)104-49-55-27-11-3-12-28-55)86(99)105-50-56-29-13-4-14-30-56/h1-46H,47-52H2. The van der Waals surface area contributed by atoms with Crippen molar-refractivity contribution in [1.82, 2.24) is 0 Å². The first-order valence-corrected chi connectivity index (χ1v) is 36.6. The van der Waals surface area contributed by atoms with Crippen molar-refractivity contribution in [3.05, 3.63) is 377 Å². The number of hydrogen-bond donors (Lipinski definition) is 0. The predicted octanol–water partition coefficient (Wildman–Crippen LogP) is 16.1. The number of ether oxygens (including phenoxy) is 6. The summed E-state index contributed by atoms with van der Waals surface area (Å²) in [7, 11) is 0. The maximum Gasteiger partial charge on any atom is 0.333 e. The molecule has 0 atom stereocenters. The number of rotatable bonds is 20. The molecule has 18 heteroatoms. The smallest absolute Gasteiger partial charge is 0.333 e. The zero-order chi connectivity index (χ0) is 74.7. The van der Waals surface area contributed by atoms with Gasteiger partial charge in [0.15, 0.2) is 23.1 Å². The van der Waals surface area contributed by atoms with Gasteiger partial charge in [0.1, 0.15) is 39.6 Å². The quantitative estimate of drug-likeness (QED) is 0.0227. The molecular formula is C91H58O16S2. The van der Waals surface area contributed by atoms with Gasteiger partial charge in [-0.05, 0) is 115 Å². The Bertz CT molecular complexity index is 5420. The van der Waals surface area contributed by atoms with Gasteiger partial charge in [0.05, 0.1) is 20.9 Å². The highest BCUT2D eigenvalue weighted by atomic mass is 32.1. The molecule has 0 spiro atoms. The molecule has 12 aromatic rings. The third-order valence-corrected chi connectivity index (χ3v) is 22.9. The monoisotopic (exact) mass is 1470 g/mol. The number of thiophene rings is 2. The maximum atomic E-state index is 17.4. The first-order valence-electron chi connectivity index (χ1n) is 34.9. The second-order valence-electron chi connectivity index (χ2n) is 26.8. The molecule has 2 aromatic heterocycles. The van der Waals surface area contributed by atoms with Gasteiger partial charge in [0.2, 0.25) is 16.2 Å². The lowest BCUT2D eigenvalue weighted by atomic mass is 9.66. The summed E-state index contributed by atoms with van der Waals surface area (Å²) < 4.78 is 38.9. The molecule has 2 heterocycles. The normalized spacial score (nSPS) is 14.9. The summed E-state index contributed by atoms with van der Waals surface area (Å²) in [6.07, 6.45) is 5.14. The molecule has 16 nitrogen and oxygen atoms in total. The van der Waals surface area contributed by atoms with E-state index in [1.165, 1.54) is 12.2 Å². The van der Waals surface area contributed by atoms with Crippen LogP contribution in [0.1, 0.15) is 107 Å². The fourth-order valence-corrected chi connectivity index (χ4v) is 18.1. The molecule has 5 aliphatic carbocycles. The van der Waals surface area contributed by atoms with Crippen LogP contribution < -0.4 is 0 Å². The lowest BCUT2D eigenvalue weighted by Crippen LogP contribution is -2.53. The van der Waals surface area contributed by atoms with E-state index < -0.39 is 148 Å². The number of benzene rings is 10. The molecule has 0 saturated heterocycles. The van der Waals surface area contributed by atoms with E-state index in [4.69, 9.17) is 28.4 Å². The van der Waals surface area contributed by atoms with Crippen LogP contribution in [0.25, 0.3) is 43.5 Å². The molecule has 530 valence electrons. The van der Waals surface area contributed by atoms with Crippen molar-refractivity contribution in [1.29, 1.82) is 0 Å². The van der Waals surface area contributed by atoms with E-state index in [1.807, 2.05) is 0 Å². The second kappa shape index (κ2) is 27.8. The third kappa shape index (κ3) is 11.4. The Kier molecular flexibility index (Phi) is 17.5. The summed E-state index contributed by atoms with van der Waals surface area (Å²) in [5, 5.41) is 2.59. The Balaban J connectivity index is 0.957. The summed E-state index contributed by atoms with van der Waals surface area (Å²) >= 11 is 1.79. The minimum Gasteiger partial charge on any atom is -0.459 e. The molecule has 0 unspecified atom stereocenters. The van der Waals surface area contributed by atoms with E-state index in [0.29, 0.717) is 54.9 Å². The van der Waals surface area contributed by atoms with Gasteiger partial charge >= 0.3 is 35.8 Å². The molecule has 0 aliphatic heterocycles. The molecule has 0 fully saturated rings. The first-order chi connectivity index (χ1) is 53.2. The van der Waals surface area contributed by atoms with Crippen LogP contribution in [0.15, 0.2) is 289 Å². The molecule has 109 heavy (non-hydrogen) atoms. The molecule has 0 radical (unpaired) electrons. The van der Waals surface area contributed by atoms with Crippen molar-refractivity contribution in [3.63, 3.8) is 0 Å². The molecule has 0 bridgehead atoms. The van der Waals surface area contributed by atoms with E-state index in [2.05, 4.69) is 0 Å². The average molecular weight is 1470 g/mol. The largest absolute Gasteiger partial charge is 0.459 e. The zero-order valence-corrected chi connectivity index (χ0v) is 59.3. The topological polar surface area (TPSA) is 226 Å². The summed E-state index contributed by atoms with van der Waals surface area (Å²) in [6, 6.07) is 71.8. The van der Waals surface area contributed by atoms with Crippen LogP contribution in [0, 0.1) is 0 Å². The highest BCUT2D eigenvalue weighted by Crippen LogP contribution is 2.68. The number of ketones is 4. The number of carbonyl (C=O) groups is 10. The van der Waals surface area contributed by atoms with Gasteiger partial charge in [-0.25, -0.2) is 0 Å². The van der Waals surface area contributed by atoms with Gasteiger partial charge in [0, 0.05) is 54.3 Å². The van der Waals surface area contributed by atoms with Crippen molar-refractivity contribution in [3.8, 4) is 9.75 Å². The number of esters is 6. The van der Waals surface area contributed by atoms with Crippen LogP contribution in [-0.2, 0) is 113 Å². The van der Waals surface area contributed by atoms with Gasteiger partial charge in [-0.1, -0.05) is 231 Å². The Hall–Kier alpha value is -13.4. The first kappa shape index (κ1) is 68.7. The molecule has 0 saturated carbocycles. The van der Waals surface area contributed by atoms with Gasteiger partial charge in [-0.15, -0.1) is 22.7 Å². The van der Waals surface area contributed by atoms with Gasteiger partial charge < -0.3 is 28.4 Å². The van der Waals surface area contributed by atoms with Crippen LogP contribution in [0.4, 0.5) is 0 Å². The van der Waals surface area contributed by atoms with Gasteiger partial charge in [-0.2, -0.15) is 0 Å². The minimum atomic E-state index is -3.21. The number of hydrogen-bond acceptors (Lipinski definition) is 18. The van der Waals surface area contributed by atoms with Gasteiger partial charge in [0.25, 0.3) is 0 Å². The number of allylic oxidation sites excluding steroid dienone is 4. The summed E-state index contributed by atoms with van der Waals surface area (Å²) in [6.45, 7) is -3.06. The Labute approximate surface area is 630 Å². The van der Waals surface area contributed by atoms with Gasteiger partial charge in [-0.3, -0.25) is 47.9 Å². The second-order valence-corrected chi connectivity index (χ2v) is 28.9. The molecular weight excluding hydrogens is 1410 g/mol. The van der Waals surface area contributed by atoms with E-state index in [9.17, 15) is 0 Å². The Morgan fingerprint density at radius 3 is 0.716 bits per heavy atom. The van der Waals surface area contributed by atoms with Crippen molar-refractivity contribution in [2.45, 2.75) is 55.9 Å². The Morgan fingerprint density at radius 2 is 0.486 bits per heavy atom. The predicted molar refractivity (Wildman–Crippen MR) is 407 cm³/mol. The lowest BCUT2D eigenvalue weighted by Gasteiger charge is -2.35. The fraction of sp³-hybridized carbons (Fsp3) is 0.0989. The number of Topliss-reactive ketones (excluding diaryl/α,β-unsaturated/α-hetero) is 4. The van der Waals surface area contributed by atoms with Crippen molar-refractivity contribution in [2.75, 3.05) is 0 Å². The average Bonchev–Trinajstić information content (AvgIpc) is 1.48. The van der Waals surface area contributed by atoms with Crippen LogP contribution in [0.3, 0.4) is 0 Å². The summed E-state index contributed by atoms with van der Waals surface area (Å²) in [4.78, 5) is 163. The Morgan fingerprint density at radius 1 is 0.275 bits per heavy atom. The minimum absolute atomic E-state index is 0.0278. The SMILES string of the molecule is O=C1C(=CC2=Cc3sc4c(c3C2(C(=O)OCc2ccccc2)C(=O)OCc2ccccc2)C(C(=O)OCc2ccccc2)(C(=O)OCc2ccccc2)c2c-4sc3c2C(C(=O)OCc2ccccc2)(C(=O)OCc2ccccc2)C(C=C2C(=O)c4cc5ccccc5cc4C2=O)=C3)C(=O)c2cc3ccccc3cc21. The lowest BCUT2D eigenvalue weighted by molar-refractivity contribution is -0.168. The maximum absolute atomic E-state index is 17.4. The van der Waals surface area contributed by atoms with E-state index in [0.717, 1.165) is 34.8 Å². The molecule has 5 aliphatic rings. The summed E-state index contributed by atoms with van der Waals surface area (Å²) in [5.74, 6) is -11.2. The number of carbonyl (C=O) groups excluding carboxylic acids is 10. The molecule has 17 rings (SSSR count). The molecule has 10 aromatic carbocycles. The number of fused-ring (bicyclic) bond motifs is 11. The van der Waals surface area contributed by atoms with Crippen LogP contribution in [0.5, 0.6) is 0 Å². The zero-order valence-electron chi connectivity index (χ0n) is 57.6.